The minimum absolute atomic E-state index is 0.0483. The van der Waals surface area contributed by atoms with Crippen LogP contribution in [-0.4, -0.2) is 27.8 Å². The highest BCUT2D eigenvalue weighted by Gasteiger charge is 2.43. The van der Waals surface area contributed by atoms with Crippen molar-refractivity contribution in [3.05, 3.63) is 100 Å². The number of para-hydroxylation sites is 1. The summed E-state index contributed by atoms with van der Waals surface area (Å²) in [6.07, 6.45) is 6.21. The molecule has 6 rings (SSSR count). The molecule has 1 aromatic heterocycles. The summed E-state index contributed by atoms with van der Waals surface area (Å²) in [7, 11) is 1.62. The number of nitrogens with one attached hydrogen (secondary N) is 1. The molecule has 2 aliphatic rings. The highest BCUT2D eigenvalue weighted by Crippen LogP contribution is 2.49. The van der Waals surface area contributed by atoms with E-state index in [1.54, 1.807) is 11.7 Å². The number of ether oxygens (including phenoxy) is 1. The lowest BCUT2D eigenvalue weighted by Crippen LogP contribution is -2.43. The Labute approximate surface area is 238 Å². The van der Waals surface area contributed by atoms with Crippen LogP contribution in [0.2, 0.25) is 0 Å². The number of carbonyl (C=O) groups is 1. The number of anilines is 1. The van der Waals surface area contributed by atoms with E-state index in [9.17, 15) is 9.59 Å². The Morgan fingerprint density at radius 3 is 2.52 bits per heavy atom. The zero-order valence-corrected chi connectivity index (χ0v) is 23.7. The summed E-state index contributed by atoms with van der Waals surface area (Å²) in [5.41, 5.74) is 4.99. The van der Waals surface area contributed by atoms with Gasteiger partial charge in [-0.25, -0.2) is 4.98 Å². The molecule has 0 bridgehead atoms. The van der Waals surface area contributed by atoms with E-state index in [1.165, 1.54) is 23.7 Å². The van der Waals surface area contributed by atoms with E-state index in [0.717, 1.165) is 54.6 Å². The molecular formula is C33H33N3O3S. The van der Waals surface area contributed by atoms with Crippen LogP contribution in [0.4, 0.5) is 5.69 Å². The zero-order chi connectivity index (χ0) is 27.7. The number of fused-ring (bicyclic) bond motifs is 4. The van der Waals surface area contributed by atoms with Gasteiger partial charge < -0.3 is 10.1 Å². The van der Waals surface area contributed by atoms with Crippen molar-refractivity contribution in [1.29, 1.82) is 0 Å². The second-order valence-corrected chi connectivity index (χ2v) is 12.1. The normalized spacial score (nSPS) is 16.1. The van der Waals surface area contributed by atoms with Crippen LogP contribution in [0.1, 0.15) is 50.2 Å². The predicted octanol–water partition coefficient (Wildman–Crippen LogP) is 6.79. The minimum Gasteiger partial charge on any atom is -0.497 e. The SMILES string of the molecule is COc1cccc(-n2c(SC(C)C(=O)Nc3ccccc3)nc3c(c2=O)C2(CCCCC2)Cc2ccccc2-3)c1. The van der Waals surface area contributed by atoms with Gasteiger partial charge >= 0.3 is 0 Å². The summed E-state index contributed by atoms with van der Waals surface area (Å²) in [4.78, 5) is 33.2. The van der Waals surface area contributed by atoms with E-state index >= 15 is 0 Å². The lowest BCUT2D eigenvalue weighted by atomic mass is 9.62. The molecule has 4 aromatic rings. The summed E-state index contributed by atoms with van der Waals surface area (Å²) in [6.45, 7) is 1.85. The fourth-order valence-corrected chi connectivity index (χ4v) is 7.14. The summed E-state index contributed by atoms with van der Waals surface area (Å²) in [6, 6.07) is 25.2. The molecule has 1 atom stereocenters. The molecule has 7 heteroatoms. The summed E-state index contributed by atoms with van der Waals surface area (Å²) in [5, 5.41) is 2.98. The quantitative estimate of drug-likeness (QED) is 0.211. The Hall–Kier alpha value is -3.84. The third-order valence-electron chi connectivity index (χ3n) is 8.20. The van der Waals surface area contributed by atoms with Gasteiger partial charge in [0.15, 0.2) is 5.16 Å². The van der Waals surface area contributed by atoms with Crippen molar-refractivity contribution >= 4 is 23.4 Å². The van der Waals surface area contributed by atoms with E-state index in [4.69, 9.17) is 9.72 Å². The number of aromatic nitrogens is 2. The molecule has 0 saturated heterocycles. The van der Waals surface area contributed by atoms with Crippen molar-refractivity contribution in [3.63, 3.8) is 0 Å². The van der Waals surface area contributed by atoms with Crippen LogP contribution in [0, 0.1) is 0 Å². The summed E-state index contributed by atoms with van der Waals surface area (Å²) >= 11 is 1.30. The highest BCUT2D eigenvalue weighted by molar-refractivity contribution is 8.00. The van der Waals surface area contributed by atoms with Gasteiger partial charge in [0.05, 0.1) is 29.3 Å². The van der Waals surface area contributed by atoms with Crippen LogP contribution in [0.25, 0.3) is 16.9 Å². The van der Waals surface area contributed by atoms with Crippen molar-refractivity contribution in [3.8, 4) is 22.7 Å². The second-order valence-electron chi connectivity index (χ2n) is 10.8. The molecule has 6 nitrogen and oxygen atoms in total. The maximum atomic E-state index is 14.7. The largest absolute Gasteiger partial charge is 0.497 e. The average molecular weight is 552 g/mol. The zero-order valence-electron chi connectivity index (χ0n) is 22.9. The fourth-order valence-electron chi connectivity index (χ4n) is 6.22. The first-order chi connectivity index (χ1) is 19.5. The van der Waals surface area contributed by atoms with Crippen molar-refractivity contribution in [2.75, 3.05) is 12.4 Å². The third kappa shape index (κ3) is 4.83. The molecule has 0 aliphatic heterocycles. The maximum Gasteiger partial charge on any atom is 0.263 e. The molecule has 1 N–H and O–H groups in total. The standard InChI is InChI=1S/C33H33N3O3S/c1-22(30(37)34-24-13-5-3-6-14-24)40-32-35-29-27-17-8-7-12-23(27)21-33(18-9-4-10-19-33)28(29)31(38)36(32)25-15-11-16-26(20-25)39-2/h3,5-8,11-17,20,22H,4,9-10,18-19,21H2,1-2H3,(H,34,37). The van der Waals surface area contributed by atoms with Gasteiger partial charge in [-0.2, -0.15) is 0 Å². The average Bonchev–Trinajstić information content (AvgIpc) is 2.98. The smallest absolute Gasteiger partial charge is 0.263 e. The number of rotatable bonds is 6. The van der Waals surface area contributed by atoms with Crippen LogP contribution in [-0.2, 0) is 16.6 Å². The van der Waals surface area contributed by atoms with E-state index < -0.39 is 5.25 Å². The maximum absolute atomic E-state index is 14.7. The molecule has 1 fully saturated rings. The molecular weight excluding hydrogens is 518 g/mol. The van der Waals surface area contributed by atoms with Crippen molar-refractivity contribution in [1.82, 2.24) is 9.55 Å². The first-order valence-electron chi connectivity index (χ1n) is 13.9. The lowest BCUT2D eigenvalue weighted by molar-refractivity contribution is -0.115. The molecule has 1 spiro atoms. The van der Waals surface area contributed by atoms with Gasteiger partial charge in [-0.15, -0.1) is 0 Å². The van der Waals surface area contributed by atoms with E-state index in [-0.39, 0.29) is 16.9 Å². The molecule has 3 aromatic carbocycles. The lowest BCUT2D eigenvalue weighted by Gasteiger charge is -2.42. The Morgan fingerprint density at radius 2 is 1.75 bits per heavy atom. The number of methoxy groups -OCH3 is 1. The number of nitrogens with zero attached hydrogens (tertiary/aromatic N) is 2. The van der Waals surface area contributed by atoms with Crippen molar-refractivity contribution in [2.45, 2.75) is 61.3 Å². The Kier molecular flexibility index (Phi) is 7.24. The van der Waals surface area contributed by atoms with Gasteiger partial charge in [-0.1, -0.05) is 79.6 Å². The Morgan fingerprint density at radius 1 is 1.00 bits per heavy atom. The van der Waals surface area contributed by atoms with Gasteiger partial charge in [-0.3, -0.25) is 14.2 Å². The number of thioether (sulfide) groups is 1. The fraction of sp³-hybridized carbons (Fsp3) is 0.303. The van der Waals surface area contributed by atoms with E-state index in [2.05, 4.69) is 23.5 Å². The number of benzene rings is 3. The predicted molar refractivity (Wildman–Crippen MR) is 161 cm³/mol. The number of carbonyl (C=O) groups excluding carboxylic acids is 1. The summed E-state index contributed by atoms with van der Waals surface area (Å²) < 4.78 is 7.20. The molecule has 1 heterocycles. The molecule has 1 saturated carbocycles. The molecule has 1 unspecified atom stereocenters. The number of hydrogen-bond donors (Lipinski definition) is 1. The van der Waals surface area contributed by atoms with Crippen molar-refractivity contribution in [2.24, 2.45) is 0 Å². The van der Waals surface area contributed by atoms with Gasteiger partial charge in [0.25, 0.3) is 5.56 Å². The van der Waals surface area contributed by atoms with Gasteiger partial charge in [-0.05, 0) is 56.0 Å². The number of hydrogen-bond acceptors (Lipinski definition) is 5. The third-order valence-corrected chi connectivity index (χ3v) is 9.25. The Bertz CT molecular complexity index is 1610. The van der Waals surface area contributed by atoms with Gasteiger partial charge in [0, 0.05) is 22.7 Å². The summed E-state index contributed by atoms with van der Waals surface area (Å²) in [5.74, 6) is 0.509. The van der Waals surface area contributed by atoms with Gasteiger partial charge in [0.1, 0.15) is 5.75 Å². The topological polar surface area (TPSA) is 73.2 Å². The Balaban J connectivity index is 1.52. The molecule has 1 amide bonds. The van der Waals surface area contributed by atoms with Crippen molar-refractivity contribution < 1.29 is 9.53 Å². The molecule has 0 radical (unpaired) electrons. The second kappa shape index (κ2) is 11.0. The highest BCUT2D eigenvalue weighted by atomic mass is 32.2. The van der Waals surface area contributed by atoms with Gasteiger partial charge in [0.2, 0.25) is 5.91 Å². The van der Waals surface area contributed by atoms with Crippen LogP contribution in [0.15, 0.2) is 88.8 Å². The minimum atomic E-state index is -0.496. The first-order valence-corrected chi connectivity index (χ1v) is 14.8. The van der Waals surface area contributed by atoms with E-state index in [0.29, 0.717) is 16.6 Å². The molecule has 204 valence electrons. The van der Waals surface area contributed by atoms with Crippen LogP contribution >= 0.6 is 11.8 Å². The van der Waals surface area contributed by atoms with Crippen LogP contribution < -0.4 is 15.6 Å². The van der Waals surface area contributed by atoms with Crippen LogP contribution in [0.5, 0.6) is 5.75 Å². The van der Waals surface area contributed by atoms with Crippen LogP contribution in [0.3, 0.4) is 0 Å². The number of amides is 1. The van der Waals surface area contributed by atoms with E-state index in [1.807, 2.05) is 67.6 Å². The molecule has 40 heavy (non-hydrogen) atoms. The first kappa shape index (κ1) is 26.4. The monoisotopic (exact) mass is 551 g/mol. The molecule has 2 aliphatic carbocycles.